The van der Waals surface area contributed by atoms with E-state index in [1.54, 1.807) is 0 Å². The summed E-state index contributed by atoms with van der Waals surface area (Å²) in [5.74, 6) is -0.153. The summed E-state index contributed by atoms with van der Waals surface area (Å²) in [6.45, 7) is 5.67. The molecule has 0 radical (unpaired) electrons. The van der Waals surface area contributed by atoms with Crippen LogP contribution in [0, 0.1) is 6.92 Å². The van der Waals surface area contributed by atoms with Crippen molar-refractivity contribution in [1.29, 1.82) is 0 Å². The molecule has 1 aromatic rings. The van der Waals surface area contributed by atoms with Gasteiger partial charge in [0.05, 0.1) is 13.0 Å². The van der Waals surface area contributed by atoms with Gasteiger partial charge >= 0.3 is 5.97 Å². The molecule has 0 heterocycles. The molecule has 0 aliphatic rings. The smallest absolute Gasteiger partial charge is 0.307 e. The average Bonchev–Trinajstić information content (AvgIpc) is 2.31. The highest BCUT2D eigenvalue weighted by Gasteiger charge is 2.07. The zero-order valence-electron chi connectivity index (χ0n) is 11.2. The van der Waals surface area contributed by atoms with Crippen molar-refractivity contribution in [2.24, 2.45) is 0 Å². The summed E-state index contributed by atoms with van der Waals surface area (Å²) in [7, 11) is 1.97. The number of carbonyl (C=O) groups excluding carboxylic acids is 1. The lowest BCUT2D eigenvalue weighted by atomic mass is 10.1. The van der Waals surface area contributed by atoms with E-state index >= 15 is 0 Å². The number of hydrogen-bond donors (Lipinski definition) is 0. The lowest BCUT2D eigenvalue weighted by molar-refractivity contribution is -0.143. The molecule has 100 valence electrons. The Hall–Kier alpha value is -1.06. The zero-order valence-corrected chi connectivity index (χ0v) is 12.0. The summed E-state index contributed by atoms with van der Waals surface area (Å²) in [6.07, 6.45) is 0.411. The van der Waals surface area contributed by atoms with Crippen molar-refractivity contribution in [1.82, 2.24) is 4.90 Å². The molecule has 0 unspecified atom stereocenters. The Morgan fingerprint density at radius 1 is 1.44 bits per heavy atom. The fraction of sp³-hybridized carbons (Fsp3) is 0.500. The number of carbonyl (C=O) groups is 1. The fourth-order valence-corrected chi connectivity index (χ4v) is 1.96. The summed E-state index contributed by atoms with van der Waals surface area (Å²) in [4.78, 5) is 13.3. The molecule has 1 rings (SSSR count). The van der Waals surface area contributed by atoms with Gasteiger partial charge in [-0.25, -0.2) is 0 Å². The number of esters is 1. The Bertz CT molecular complexity index is 407. The molecule has 0 N–H and O–H groups in total. The van der Waals surface area contributed by atoms with Crippen molar-refractivity contribution in [2.75, 3.05) is 20.2 Å². The van der Waals surface area contributed by atoms with Crippen LogP contribution in [-0.2, 0) is 16.1 Å². The highest BCUT2D eigenvalue weighted by Crippen LogP contribution is 2.18. The predicted octanol–water partition coefficient (Wildman–Crippen LogP) is 3.03. The first kappa shape index (κ1) is 15.0. The van der Waals surface area contributed by atoms with Crippen LogP contribution in [0.25, 0.3) is 0 Å². The minimum absolute atomic E-state index is 0.153. The molecule has 0 aromatic heterocycles. The second-order valence-corrected chi connectivity index (χ2v) is 4.79. The second-order valence-electron chi connectivity index (χ2n) is 4.39. The minimum atomic E-state index is -0.153. The van der Waals surface area contributed by atoms with Crippen molar-refractivity contribution in [2.45, 2.75) is 26.8 Å². The number of ether oxygens (including phenoxy) is 1. The summed E-state index contributed by atoms with van der Waals surface area (Å²) >= 11 is 6.17. The van der Waals surface area contributed by atoms with Crippen LogP contribution in [0.3, 0.4) is 0 Å². The lowest BCUT2D eigenvalue weighted by Gasteiger charge is -2.17. The molecule has 0 aliphatic carbocycles. The van der Waals surface area contributed by atoms with Crippen molar-refractivity contribution in [3.63, 3.8) is 0 Å². The van der Waals surface area contributed by atoms with E-state index in [-0.39, 0.29) is 5.97 Å². The van der Waals surface area contributed by atoms with E-state index < -0.39 is 0 Å². The molecular formula is C14H20ClNO2. The molecule has 4 heteroatoms. The summed E-state index contributed by atoms with van der Waals surface area (Å²) in [6, 6.07) is 6.02. The van der Waals surface area contributed by atoms with Crippen LogP contribution in [-0.4, -0.2) is 31.1 Å². The van der Waals surface area contributed by atoms with Crippen LogP contribution in [0.2, 0.25) is 5.02 Å². The van der Waals surface area contributed by atoms with E-state index in [4.69, 9.17) is 16.3 Å². The molecule has 0 fully saturated rings. The first-order chi connectivity index (χ1) is 8.52. The molecule has 18 heavy (non-hydrogen) atoms. The standard InChI is InChI=1S/C14H20ClNO2/c1-4-18-14(17)7-8-16(3)10-12-6-5-11(2)9-13(12)15/h5-6,9H,4,7-8,10H2,1-3H3. The van der Waals surface area contributed by atoms with Crippen molar-refractivity contribution >= 4 is 17.6 Å². The van der Waals surface area contributed by atoms with Crippen LogP contribution < -0.4 is 0 Å². The van der Waals surface area contributed by atoms with E-state index in [1.807, 2.05) is 39.1 Å². The first-order valence-corrected chi connectivity index (χ1v) is 6.50. The summed E-state index contributed by atoms with van der Waals surface area (Å²) in [5.41, 5.74) is 2.23. The molecule has 0 amide bonds. The molecule has 1 aromatic carbocycles. The minimum Gasteiger partial charge on any atom is -0.466 e. The maximum atomic E-state index is 11.2. The topological polar surface area (TPSA) is 29.5 Å². The molecule has 0 spiro atoms. The molecule has 0 atom stereocenters. The number of benzene rings is 1. The second kappa shape index (κ2) is 7.39. The van der Waals surface area contributed by atoms with Crippen LogP contribution >= 0.6 is 11.6 Å². The Morgan fingerprint density at radius 2 is 2.17 bits per heavy atom. The van der Waals surface area contributed by atoms with Gasteiger partial charge in [-0.2, -0.15) is 0 Å². The van der Waals surface area contributed by atoms with Crippen molar-refractivity contribution < 1.29 is 9.53 Å². The van der Waals surface area contributed by atoms with Crippen LogP contribution in [0.1, 0.15) is 24.5 Å². The molecular weight excluding hydrogens is 250 g/mol. The Labute approximate surface area is 114 Å². The Morgan fingerprint density at radius 3 is 2.78 bits per heavy atom. The van der Waals surface area contributed by atoms with E-state index in [9.17, 15) is 4.79 Å². The Kier molecular flexibility index (Phi) is 6.16. The lowest BCUT2D eigenvalue weighted by Crippen LogP contribution is -2.22. The monoisotopic (exact) mass is 269 g/mol. The summed E-state index contributed by atoms with van der Waals surface area (Å²) in [5, 5.41) is 0.776. The van der Waals surface area contributed by atoms with E-state index in [1.165, 1.54) is 0 Å². The van der Waals surface area contributed by atoms with Gasteiger partial charge in [0.15, 0.2) is 0 Å². The maximum Gasteiger partial charge on any atom is 0.307 e. The van der Waals surface area contributed by atoms with Gasteiger partial charge in [0, 0.05) is 18.1 Å². The van der Waals surface area contributed by atoms with Gasteiger partial charge in [-0.1, -0.05) is 23.7 Å². The highest BCUT2D eigenvalue weighted by atomic mass is 35.5. The third-order valence-corrected chi connectivity index (χ3v) is 3.00. The fourth-order valence-electron chi connectivity index (χ4n) is 1.67. The molecule has 0 bridgehead atoms. The highest BCUT2D eigenvalue weighted by molar-refractivity contribution is 6.31. The van der Waals surface area contributed by atoms with E-state index in [0.717, 1.165) is 22.7 Å². The van der Waals surface area contributed by atoms with E-state index in [2.05, 4.69) is 4.90 Å². The molecule has 3 nitrogen and oxygen atoms in total. The van der Waals surface area contributed by atoms with Crippen LogP contribution in [0.4, 0.5) is 0 Å². The zero-order chi connectivity index (χ0) is 13.5. The van der Waals surface area contributed by atoms with E-state index in [0.29, 0.717) is 19.6 Å². The molecule has 0 saturated heterocycles. The molecule has 0 saturated carbocycles. The van der Waals surface area contributed by atoms with Crippen LogP contribution in [0.5, 0.6) is 0 Å². The van der Waals surface area contributed by atoms with Crippen molar-refractivity contribution in [3.05, 3.63) is 34.3 Å². The van der Waals surface area contributed by atoms with Crippen molar-refractivity contribution in [3.8, 4) is 0 Å². The van der Waals surface area contributed by atoms with Crippen LogP contribution in [0.15, 0.2) is 18.2 Å². The number of aryl methyl sites for hydroxylation is 1. The maximum absolute atomic E-state index is 11.2. The quantitative estimate of drug-likeness (QED) is 0.744. The number of halogens is 1. The largest absolute Gasteiger partial charge is 0.466 e. The number of rotatable bonds is 6. The van der Waals surface area contributed by atoms with Gasteiger partial charge in [-0.15, -0.1) is 0 Å². The summed E-state index contributed by atoms with van der Waals surface area (Å²) < 4.78 is 4.89. The third-order valence-electron chi connectivity index (χ3n) is 2.65. The van der Waals surface area contributed by atoms with Gasteiger partial charge in [0.1, 0.15) is 0 Å². The van der Waals surface area contributed by atoms with Gasteiger partial charge in [0.2, 0.25) is 0 Å². The van der Waals surface area contributed by atoms with Gasteiger partial charge in [-0.3, -0.25) is 4.79 Å². The Balaban J connectivity index is 2.44. The SMILES string of the molecule is CCOC(=O)CCN(C)Cc1ccc(C)cc1Cl. The molecule has 0 aliphatic heterocycles. The predicted molar refractivity (Wildman–Crippen MR) is 73.8 cm³/mol. The first-order valence-electron chi connectivity index (χ1n) is 6.12. The normalized spacial score (nSPS) is 10.7. The average molecular weight is 270 g/mol. The van der Waals surface area contributed by atoms with Gasteiger partial charge in [-0.05, 0) is 38.1 Å². The van der Waals surface area contributed by atoms with Gasteiger partial charge < -0.3 is 9.64 Å². The third kappa shape index (κ3) is 5.07. The number of nitrogens with zero attached hydrogens (tertiary/aromatic N) is 1. The van der Waals surface area contributed by atoms with Gasteiger partial charge in [0.25, 0.3) is 0 Å². The number of hydrogen-bond acceptors (Lipinski definition) is 3.